The van der Waals surface area contributed by atoms with Crippen molar-refractivity contribution in [3.8, 4) is 17.1 Å². The lowest BCUT2D eigenvalue weighted by molar-refractivity contribution is 0.415. The Balaban J connectivity index is 2.03. The first kappa shape index (κ1) is 13.4. The zero-order chi connectivity index (χ0) is 16.0. The van der Waals surface area contributed by atoms with Crippen molar-refractivity contribution < 1.29 is 9.15 Å². The number of benzene rings is 2. The number of imidazole rings is 1. The van der Waals surface area contributed by atoms with Crippen molar-refractivity contribution in [2.45, 2.75) is 0 Å². The molecule has 0 unspecified atom stereocenters. The highest BCUT2D eigenvalue weighted by Crippen LogP contribution is 2.30. The Morgan fingerprint density at radius 1 is 1.17 bits per heavy atom. The summed E-state index contributed by atoms with van der Waals surface area (Å²) in [4.78, 5) is 19.6. The van der Waals surface area contributed by atoms with E-state index in [1.54, 1.807) is 31.4 Å². The van der Waals surface area contributed by atoms with Crippen LogP contribution in [-0.4, -0.2) is 17.1 Å². The number of hydrogen-bond acceptors (Lipinski definition) is 5. The van der Waals surface area contributed by atoms with Gasteiger partial charge in [0.05, 0.1) is 18.1 Å². The number of fused-ring (bicyclic) bond motifs is 2. The van der Waals surface area contributed by atoms with Gasteiger partial charge in [0, 0.05) is 22.7 Å². The third-order valence-corrected chi connectivity index (χ3v) is 3.71. The smallest absolute Gasteiger partial charge is 0.336 e. The topological polar surface area (TPSA) is 94.1 Å². The summed E-state index contributed by atoms with van der Waals surface area (Å²) in [5, 5.41) is 0.746. The molecule has 4 rings (SSSR count). The molecule has 0 saturated carbocycles. The molecule has 0 aliphatic heterocycles. The van der Waals surface area contributed by atoms with Crippen LogP contribution in [0.4, 0.5) is 5.69 Å². The molecule has 2 aromatic carbocycles. The number of nitrogen functional groups attached to an aromatic ring is 1. The third-order valence-electron chi connectivity index (χ3n) is 3.71. The average molecular weight is 307 g/mol. The van der Waals surface area contributed by atoms with Crippen molar-refractivity contribution in [2.24, 2.45) is 0 Å². The predicted octanol–water partition coefficient (Wildman–Crippen LogP) is 2.93. The largest absolute Gasteiger partial charge is 0.497 e. The second-order valence-electron chi connectivity index (χ2n) is 5.20. The number of nitrogens with one attached hydrogen (secondary N) is 1. The number of aromatic amines is 1. The molecule has 114 valence electrons. The number of ether oxygens (including phenoxy) is 1. The lowest BCUT2D eigenvalue weighted by atomic mass is 10.1. The Kier molecular flexibility index (Phi) is 2.84. The van der Waals surface area contributed by atoms with Gasteiger partial charge in [-0.2, -0.15) is 0 Å². The van der Waals surface area contributed by atoms with Crippen molar-refractivity contribution in [2.75, 3.05) is 12.8 Å². The van der Waals surface area contributed by atoms with E-state index in [4.69, 9.17) is 14.9 Å². The van der Waals surface area contributed by atoms with Gasteiger partial charge in [-0.15, -0.1) is 0 Å². The Morgan fingerprint density at radius 3 is 2.87 bits per heavy atom. The van der Waals surface area contributed by atoms with Crippen LogP contribution in [0.15, 0.2) is 51.7 Å². The molecule has 6 nitrogen and oxygen atoms in total. The molecule has 0 amide bonds. The van der Waals surface area contributed by atoms with Gasteiger partial charge >= 0.3 is 5.63 Å². The zero-order valence-corrected chi connectivity index (χ0v) is 12.3. The lowest BCUT2D eigenvalue weighted by Gasteiger charge is -2.05. The first-order chi connectivity index (χ1) is 11.1. The number of nitrogens with two attached hydrogens (primary N) is 1. The van der Waals surface area contributed by atoms with Crippen molar-refractivity contribution in [3.05, 3.63) is 52.9 Å². The van der Waals surface area contributed by atoms with Crippen molar-refractivity contribution in [1.29, 1.82) is 0 Å². The van der Waals surface area contributed by atoms with Gasteiger partial charge < -0.3 is 19.9 Å². The average Bonchev–Trinajstić information content (AvgIpc) is 2.96. The van der Waals surface area contributed by atoms with Crippen LogP contribution in [0, 0.1) is 0 Å². The van der Waals surface area contributed by atoms with Crippen LogP contribution in [0.25, 0.3) is 33.4 Å². The van der Waals surface area contributed by atoms with Gasteiger partial charge in [-0.3, -0.25) is 0 Å². The molecule has 0 bridgehead atoms. The summed E-state index contributed by atoms with van der Waals surface area (Å²) in [6, 6.07) is 12.1. The van der Waals surface area contributed by atoms with Crippen molar-refractivity contribution in [1.82, 2.24) is 9.97 Å². The maximum atomic E-state index is 11.8. The van der Waals surface area contributed by atoms with Crippen LogP contribution in [0.1, 0.15) is 0 Å². The first-order valence-electron chi connectivity index (χ1n) is 7.01. The maximum Gasteiger partial charge on any atom is 0.336 e. The number of methoxy groups -OCH3 is 1. The van der Waals surface area contributed by atoms with Gasteiger partial charge in [0.2, 0.25) is 0 Å². The summed E-state index contributed by atoms with van der Waals surface area (Å²) in [5.41, 5.74) is 8.73. The number of nitrogens with zero attached hydrogens (tertiary/aromatic N) is 1. The highest BCUT2D eigenvalue weighted by atomic mass is 16.5. The first-order valence-corrected chi connectivity index (χ1v) is 7.01. The quantitative estimate of drug-likeness (QED) is 0.438. The molecule has 0 atom stereocenters. The maximum absolute atomic E-state index is 11.8. The number of rotatable bonds is 2. The zero-order valence-electron chi connectivity index (χ0n) is 12.3. The van der Waals surface area contributed by atoms with E-state index in [1.807, 2.05) is 12.1 Å². The van der Waals surface area contributed by atoms with E-state index in [-0.39, 0.29) is 0 Å². The van der Waals surface area contributed by atoms with Crippen LogP contribution in [0.3, 0.4) is 0 Å². The van der Waals surface area contributed by atoms with Crippen LogP contribution in [0.5, 0.6) is 5.75 Å². The van der Waals surface area contributed by atoms with Gasteiger partial charge in [-0.1, -0.05) is 0 Å². The van der Waals surface area contributed by atoms with Crippen LogP contribution < -0.4 is 16.1 Å². The van der Waals surface area contributed by atoms with Gasteiger partial charge in [-0.05, 0) is 36.4 Å². The molecule has 23 heavy (non-hydrogen) atoms. The minimum absolute atomic E-state index is 0.433. The number of anilines is 1. The fourth-order valence-corrected chi connectivity index (χ4v) is 2.62. The normalized spacial score (nSPS) is 11.2. The minimum Gasteiger partial charge on any atom is -0.497 e. The van der Waals surface area contributed by atoms with Crippen molar-refractivity contribution in [3.63, 3.8) is 0 Å². The molecule has 0 saturated heterocycles. The van der Waals surface area contributed by atoms with E-state index in [1.165, 1.54) is 6.07 Å². The Morgan fingerprint density at radius 2 is 2.04 bits per heavy atom. The van der Waals surface area contributed by atoms with Crippen molar-refractivity contribution >= 4 is 27.7 Å². The third kappa shape index (κ3) is 2.20. The van der Waals surface area contributed by atoms with E-state index in [9.17, 15) is 4.79 Å². The predicted molar refractivity (Wildman–Crippen MR) is 88.5 cm³/mol. The summed E-state index contributed by atoms with van der Waals surface area (Å²) in [5.74, 6) is 1.25. The van der Waals surface area contributed by atoms with Gasteiger partial charge in [0.1, 0.15) is 17.2 Å². The Hall–Kier alpha value is -3.28. The van der Waals surface area contributed by atoms with E-state index < -0.39 is 5.63 Å². The molecule has 4 aromatic rings. The second-order valence-corrected chi connectivity index (χ2v) is 5.20. The highest BCUT2D eigenvalue weighted by Gasteiger charge is 2.13. The lowest BCUT2D eigenvalue weighted by Crippen LogP contribution is -1.99. The standard InChI is InChI=1S/C17H13N3O3/c1-22-10-3-5-15-11(7-10)12(8-16(21)23-15)17-19-13-4-2-9(18)6-14(13)20-17/h2-8H,18H2,1H3,(H,19,20). The summed E-state index contributed by atoms with van der Waals surface area (Å²) in [7, 11) is 1.59. The summed E-state index contributed by atoms with van der Waals surface area (Å²) >= 11 is 0. The fourth-order valence-electron chi connectivity index (χ4n) is 2.62. The number of hydrogen-bond donors (Lipinski definition) is 2. The molecule has 0 spiro atoms. The number of H-pyrrole nitrogens is 1. The van der Waals surface area contributed by atoms with Crippen LogP contribution in [0.2, 0.25) is 0 Å². The molecule has 0 aliphatic rings. The molecule has 2 heterocycles. The second kappa shape index (κ2) is 4.88. The van der Waals surface area contributed by atoms with Crippen LogP contribution in [-0.2, 0) is 0 Å². The van der Waals surface area contributed by atoms with Gasteiger partial charge in [0.25, 0.3) is 0 Å². The van der Waals surface area contributed by atoms with E-state index in [2.05, 4.69) is 9.97 Å². The van der Waals surface area contributed by atoms with Crippen LogP contribution >= 0.6 is 0 Å². The molecular weight excluding hydrogens is 294 g/mol. The molecule has 0 aliphatic carbocycles. The summed E-state index contributed by atoms with van der Waals surface area (Å²) < 4.78 is 10.5. The molecular formula is C17H13N3O3. The van der Waals surface area contributed by atoms with E-state index >= 15 is 0 Å². The van der Waals surface area contributed by atoms with E-state index in [0.29, 0.717) is 28.4 Å². The molecule has 3 N–H and O–H groups in total. The minimum atomic E-state index is -0.433. The molecule has 6 heteroatoms. The summed E-state index contributed by atoms with van der Waals surface area (Å²) in [6.45, 7) is 0. The molecule has 0 fully saturated rings. The fraction of sp³-hybridized carbons (Fsp3) is 0.0588. The van der Waals surface area contributed by atoms with E-state index in [0.717, 1.165) is 16.4 Å². The molecule has 0 radical (unpaired) electrons. The Labute approximate surface area is 130 Å². The van der Waals surface area contributed by atoms with Gasteiger partial charge in [0.15, 0.2) is 0 Å². The highest BCUT2D eigenvalue weighted by molar-refractivity contribution is 5.94. The molecule has 2 aromatic heterocycles. The SMILES string of the molecule is COc1ccc2oc(=O)cc(-c3nc4ccc(N)cc4[nH]3)c2c1. The summed E-state index contributed by atoms with van der Waals surface area (Å²) in [6.07, 6.45) is 0. The Bertz CT molecular complexity index is 1100. The number of aromatic nitrogens is 2. The monoisotopic (exact) mass is 307 g/mol. The van der Waals surface area contributed by atoms with Gasteiger partial charge in [-0.25, -0.2) is 9.78 Å².